The lowest BCUT2D eigenvalue weighted by atomic mass is 10.2. The van der Waals surface area contributed by atoms with E-state index < -0.39 is 0 Å². The molecule has 0 aliphatic rings. The maximum Gasteiger partial charge on any atom is 0.191 e. The fraction of sp³-hybridized carbons (Fsp3) is 0.263. The number of nitrogens with zero attached hydrogens (tertiary/aromatic N) is 3. The monoisotopic (exact) mass is 435 g/mol. The molecule has 0 amide bonds. The van der Waals surface area contributed by atoms with E-state index in [9.17, 15) is 4.39 Å². The zero-order chi connectivity index (χ0) is 18.5. The van der Waals surface area contributed by atoms with Gasteiger partial charge >= 0.3 is 0 Å². The Morgan fingerprint density at radius 3 is 2.46 bits per heavy atom. The van der Waals surface area contributed by atoms with Crippen molar-refractivity contribution in [3.63, 3.8) is 0 Å². The third-order valence-electron chi connectivity index (χ3n) is 3.83. The average molecular weight is 436 g/mol. The Kier molecular flexibility index (Phi) is 6.32. The normalized spacial score (nSPS) is 12.2. The fourth-order valence-electron chi connectivity index (χ4n) is 2.50. The van der Waals surface area contributed by atoms with Crippen LogP contribution in [0.4, 0.5) is 4.39 Å². The number of rotatable bonds is 7. The zero-order valence-electron chi connectivity index (χ0n) is 14.5. The van der Waals surface area contributed by atoms with Crippen molar-refractivity contribution in [3.05, 3.63) is 70.2 Å². The minimum Gasteiger partial charge on any atom is -0.483 e. The highest BCUT2D eigenvalue weighted by Crippen LogP contribution is 2.27. The van der Waals surface area contributed by atoms with Crippen molar-refractivity contribution in [2.24, 2.45) is 0 Å². The summed E-state index contributed by atoms with van der Waals surface area (Å²) in [6, 6.07) is 14.2. The van der Waals surface area contributed by atoms with Gasteiger partial charge in [-0.1, -0.05) is 39.8 Å². The Labute approximate surface area is 164 Å². The lowest BCUT2D eigenvalue weighted by molar-refractivity contribution is 0.210. The van der Waals surface area contributed by atoms with Gasteiger partial charge in [-0.15, -0.1) is 10.2 Å². The SMILES string of the molecule is CCn1c(SCc2ccc(F)cc2)nnc1C(C)Oc1ccc(Br)cc1. The van der Waals surface area contributed by atoms with Crippen LogP contribution in [0.1, 0.15) is 31.3 Å². The van der Waals surface area contributed by atoms with Crippen molar-refractivity contribution in [2.75, 3.05) is 0 Å². The second kappa shape index (κ2) is 8.68. The molecule has 0 spiro atoms. The first-order chi connectivity index (χ1) is 12.6. The Morgan fingerprint density at radius 1 is 1.12 bits per heavy atom. The highest BCUT2D eigenvalue weighted by molar-refractivity contribution is 9.10. The van der Waals surface area contributed by atoms with Crippen LogP contribution in [-0.4, -0.2) is 14.8 Å². The smallest absolute Gasteiger partial charge is 0.191 e. The average Bonchev–Trinajstić information content (AvgIpc) is 3.06. The Bertz CT molecular complexity index is 852. The lowest BCUT2D eigenvalue weighted by Gasteiger charge is -2.15. The van der Waals surface area contributed by atoms with E-state index in [1.54, 1.807) is 23.9 Å². The van der Waals surface area contributed by atoms with E-state index in [2.05, 4.69) is 37.6 Å². The van der Waals surface area contributed by atoms with E-state index in [1.807, 2.05) is 31.2 Å². The van der Waals surface area contributed by atoms with Gasteiger partial charge in [0.1, 0.15) is 11.6 Å². The first-order valence-corrected chi connectivity index (χ1v) is 10.1. The minimum absolute atomic E-state index is 0.219. The van der Waals surface area contributed by atoms with Crippen molar-refractivity contribution in [2.45, 2.75) is 37.4 Å². The van der Waals surface area contributed by atoms with Crippen LogP contribution in [0.2, 0.25) is 0 Å². The maximum atomic E-state index is 13.0. The first kappa shape index (κ1) is 18.9. The molecular formula is C19H19BrFN3OS. The van der Waals surface area contributed by atoms with E-state index in [4.69, 9.17) is 4.74 Å². The summed E-state index contributed by atoms with van der Waals surface area (Å²) in [5.74, 6) is 2.06. The second-order valence-corrected chi connectivity index (χ2v) is 7.57. The van der Waals surface area contributed by atoms with Crippen LogP contribution in [0.15, 0.2) is 58.2 Å². The van der Waals surface area contributed by atoms with Gasteiger partial charge in [0.05, 0.1) is 0 Å². The van der Waals surface area contributed by atoms with Gasteiger partial charge < -0.3 is 9.30 Å². The van der Waals surface area contributed by atoms with E-state index in [0.29, 0.717) is 5.75 Å². The number of hydrogen-bond donors (Lipinski definition) is 0. The van der Waals surface area contributed by atoms with Gasteiger partial charge in [-0.25, -0.2) is 4.39 Å². The van der Waals surface area contributed by atoms with Crippen molar-refractivity contribution >= 4 is 27.7 Å². The number of hydrogen-bond acceptors (Lipinski definition) is 4. The summed E-state index contributed by atoms with van der Waals surface area (Å²) in [6.07, 6.45) is -0.219. The summed E-state index contributed by atoms with van der Waals surface area (Å²) in [4.78, 5) is 0. The Morgan fingerprint density at radius 2 is 1.81 bits per heavy atom. The van der Waals surface area contributed by atoms with Crippen molar-refractivity contribution in [1.82, 2.24) is 14.8 Å². The molecule has 0 aliphatic carbocycles. The molecule has 1 heterocycles. The molecule has 0 fully saturated rings. The molecule has 0 N–H and O–H groups in total. The number of thioether (sulfide) groups is 1. The van der Waals surface area contributed by atoms with Gasteiger partial charge in [0.15, 0.2) is 17.1 Å². The van der Waals surface area contributed by atoms with E-state index in [1.165, 1.54) is 12.1 Å². The maximum absolute atomic E-state index is 13.0. The molecule has 3 aromatic rings. The molecule has 4 nitrogen and oxygen atoms in total. The molecule has 0 bridgehead atoms. The van der Waals surface area contributed by atoms with Crippen LogP contribution < -0.4 is 4.74 Å². The summed E-state index contributed by atoms with van der Waals surface area (Å²) < 4.78 is 22.1. The number of ether oxygens (including phenoxy) is 1. The molecule has 0 aliphatic heterocycles. The van der Waals surface area contributed by atoms with Crippen LogP contribution in [0.25, 0.3) is 0 Å². The highest BCUT2D eigenvalue weighted by atomic mass is 79.9. The summed E-state index contributed by atoms with van der Waals surface area (Å²) in [5.41, 5.74) is 1.04. The zero-order valence-corrected chi connectivity index (χ0v) is 16.9. The Hall–Kier alpha value is -1.86. The quantitative estimate of drug-likeness (QED) is 0.450. The van der Waals surface area contributed by atoms with Gasteiger partial charge in [0.2, 0.25) is 0 Å². The number of aromatic nitrogens is 3. The molecule has 2 aromatic carbocycles. The number of benzene rings is 2. The van der Waals surface area contributed by atoms with Crippen LogP contribution in [0.3, 0.4) is 0 Å². The van der Waals surface area contributed by atoms with Crippen molar-refractivity contribution in [3.8, 4) is 5.75 Å². The van der Waals surface area contributed by atoms with E-state index in [-0.39, 0.29) is 11.9 Å². The van der Waals surface area contributed by atoms with Gasteiger partial charge in [0, 0.05) is 16.8 Å². The lowest BCUT2D eigenvalue weighted by Crippen LogP contribution is -2.11. The van der Waals surface area contributed by atoms with Gasteiger partial charge in [0.25, 0.3) is 0 Å². The molecule has 3 rings (SSSR count). The molecule has 136 valence electrons. The van der Waals surface area contributed by atoms with Crippen LogP contribution in [0, 0.1) is 5.82 Å². The molecule has 26 heavy (non-hydrogen) atoms. The largest absolute Gasteiger partial charge is 0.483 e. The second-order valence-electron chi connectivity index (χ2n) is 5.71. The molecular weight excluding hydrogens is 417 g/mol. The molecule has 1 unspecified atom stereocenters. The van der Waals surface area contributed by atoms with Crippen molar-refractivity contribution < 1.29 is 9.13 Å². The molecule has 0 saturated heterocycles. The van der Waals surface area contributed by atoms with E-state index in [0.717, 1.165) is 33.3 Å². The predicted octanol–water partition coefficient (Wildman–Crippen LogP) is 5.63. The standard InChI is InChI=1S/C19H19BrFN3OS/c1-3-24-18(13(2)25-17-10-6-15(20)7-11-17)22-23-19(24)26-12-14-4-8-16(21)9-5-14/h4-11,13H,3,12H2,1-2H3. The van der Waals surface area contributed by atoms with Gasteiger partial charge in [-0.2, -0.15) is 0 Å². The molecule has 0 saturated carbocycles. The van der Waals surface area contributed by atoms with Gasteiger partial charge in [-0.05, 0) is 55.8 Å². The van der Waals surface area contributed by atoms with Crippen LogP contribution in [-0.2, 0) is 12.3 Å². The summed E-state index contributed by atoms with van der Waals surface area (Å²) >= 11 is 5.00. The molecule has 1 aromatic heterocycles. The van der Waals surface area contributed by atoms with E-state index >= 15 is 0 Å². The molecule has 1 atom stereocenters. The molecule has 0 radical (unpaired) electrons. The third-order valence-corrected chi connectivity index (χ3v) is 5.40. The van der Waals surface area contributed by atoms with Crippen molar-refractivity contribution in [1.29, 1.82) is 0 Å². The summed E-state index contributed by atoms with van der Waals surface area (Å²) in [7, 11) is 0. The van der Waals surface area contributed by atoms with Gasteiger partial charge in [-0.3, -0.25) is 0 Å². The van der Waals surface area contributed by atoms with Crippen LogP contribution >= 0.6 is 27.7 Å². The highest BCUT2D eigenvalue weighted by Gasteiger charge is 2.18. The Balaban J connectivity index is 1.70. The third kappa shape index (κ3) is 4.65. The summed E-state index contributed by atoms with van der Waals surface area (Å²) in [6.45, 7) is 4.77. The van der Waals surface area contributed by atoms with Crippen LogP contribution in [0.5, 0.6) is 5.75 Å². The topological polar surface area (TPSA) is 39.9 Å². The summed E-state index contributed by atoms with van der Waals surface area (Å²) in [5, 5.41) is 9.47. The molecule has 7 heteroatoms. The first-order valence-electron chi connectivity index (χ1n) is 8.29. The minimum atomic E-state index is -0.225. The number of halogens is 2. The predicted molar refractivity (Wildman–Crippen MR) is 105 cm³/mol. The fourth-order valence-corrected chi connectivity index (χ4v) is 3.73.